The minimum atomic E-state index is 0.652. The predicted molar refractivity (Wildman–Crippen MR) is 125 cm³/mol. The first-order valence-electron chi connectivity index (χ1n) is 10.2. The van der Waals surface area contributed by atoms with E-state index >= 15 is 0 Å². The number of rotatable bonds is 5. The molecule has 5 aromatic rings. The van der Waals surface area contributed by atoms with E-state index in [0.717, 1.165) is 44.7 Å². The van der Waals surface area contributed by atoms with Gasteiger partial charge in [0.1, 0.15) is 5.82 Å². The first kappa shape index (κ1) is 18.9. The molecule has 5 nitrogen and oxygen atoms in total. The largest absolute Gasteiger partial charge is 0.365 e. The first-order chi connectivity index (χ1) is 15.3. The van der Waals surface area contributed by atoms with E-state index in [4.69, 9.17) is 0 Å². The average molecular weight is 403 g/mol. The molecule has 150 valence electrons. The average Bonchev–Trinajstić information content (AvgIpc) is 2.83. The first-order valence-corrected chi connectivity index (χ1v) is 10.2. The van der Waals surface area contributed by atoms with Crippen molar-refractivity contribution in [3.63, 3.8) is 0 Å². The minimum Gasteiger partial charge on any atom is -0.365 e. The van der Waals surface area contributed by atoms with Crippen LogP contribution >= 0.6 is 0 Å². The molecule has 3 aromatic heterocycles. The summed E-state index contributed by atoms with van der Waals surface area (Å²) in [6, 6.07) is 20.8. The maximum atomic E-state index is 4.64. The maximum Gasteiger partial charge on any atom is 0.134 e. The second kappa shape index (κ2) is 8.32. The lowest BCUT2D eigenvalue weighted by Gasteiger charge is -2.10. The van der Waals surface area contributed by atoms with Crippen molar-refractivity contribution in [2.45, 2.75) is 13.5 Å². The predicted octanol–water partition coefficient (Wildman–Crippen LogP) is 5.67. The van der Waals surface area contributed by atoms with E-state index in [-0.39, 0.29) is 0 Å². The highest BCUT2D eigenvalue weighted by molar-refractivity contribution is 5.94. The summed E-state index contributed by atoms with van der Waals surface area (Å²) in [6.45, 7) is 2.74. The molecule has 1 N–H and O–H groups in total. The van der Waals surface area contributed by atoms with Crippen molar-refractivity contribution in [1.29, 1.82) is 0 Å². The number of hydrogen-bond acceptors (Lipinski definition) is 5. The summed E-state index contributed by atoms with van der Waals surface area (Å²) in [5, 5.41) is 5.63. The van der Waals surface area contributed by atoms with Crippen molar-refractivity contribution in [3.05, 3.63) is 103 Å². The van der Waals surface area contributed by atoms with E-state index in [0.29, 0.717) is 6.54 Å². The van der Waals surface area contributed by atoms with Gasteiger partial charge < -0.3 is 5.32 Å². The molecular weight excluding hydrogens is 382 g/mol. The summed E-state index contributed by atoms with van der Waals surface area (Å²) in [5.41, 5.74) is 6.34. The Morgan fingerprint density at radius 1 is 0.742 bits per heavy atom. The number of anilines is 1. The van der Waals surface area contributed by atoms with Gasteiger partial charge in [-0.25, -0.2) is 4.98 Å². The number of nitrogens with zero attached hydrogens (tertiary/aromatic N) is 4. The highest BCUT2D eigenvalue weighted by atomic mass is 15.0. The van der Waals surface area contributed by atoms with Crippen molar-refractivity contribution in [1.82, 2.24) is 19.9 Å². The molecule has 0 aliphatic rings. The molecule has 3 heterocycles. The molecule has 0 spiro atoms. The van der Waals surface area contributed by atoms with Crippen LogP contribution in [0.15, 0.2) is 91.6 Å². The van der Waals surface area contributed by atoms with Crippen molar-refractivity contribution in [2.75, 3.05) is 5.32 Å². The third-order valence-electron chi connectivity index (χ3n) is 5.22. The highest BCUT2D eigenvalue weighted by Gasteiger charge is 2.06. The van der Waals surface area contributed by atoms with Crippen LogP contribution in [0, 0.1) is 6.92 Å². The molecule has 0 radical (unpaired) electrons. The fraction of sp³-hybridized carbons (Fsp3) is 0.0769. The van der Waals surface area contributed by atoms with E-state index in [9.17, 15) is 0 Å². The Kier molecular flexibility index (Phi) is 5.07. The molecule has 31 heavy (non-hydrogen) atoms. The second-order valence-electron chi connectivity index (χ2n) is 7.46. The molecule has 5 rings (SSSR count). The summed E-state index contributed by atoms with van der Waals surface area (Å²) in [7, 11) is 0. The van der Waals surface area contributed by atoms with Crippen LogP contribution in [-0.2, 0) is 6.54 Å². The minimum absolute atomic E-state index is 0.652. The fourth-order valence-corrected chi connectivity index (χ4v) is 3.62. The zero-order chi connectivity index (χ0) is 21.0. The molecule has 0 fully saturated rings. The Labute approximate surface area is 180 Å². The Bertz CT molecular complexity index is 1330. The fourth-order valence-electron chi connectivity index (χ4n) is 3.62. The summed E-state index contributed by atoms with van der Waals surface area (Å²) in [4.78, 5) is 17.7. The number of benzene rings is 2. The number of hydrogen-bond donors (Lipinski definition) is 1. The number of fused-ring (bicyclic) bond motifs is 1. The van der Waals surface area contributed by atoms with Crippen molar-refractivity contribution < 1.29 is 0 Å². The second-order valence-corrected chi connectivity index (χ2v) is 7.46. The van der Waals surface area contributed by atoms with Gasteiger partial charge >= 0.3 is 0 Å². The normalized spacial score (nSPS) is 10.9. The Hall–Kier alpha value is -4.12. The molecular formula is C26H21N5. The topological polar surface area (TPSA) is 63.6 Å². The smallest absolute Gasteiger partial charge is 0.134 e. The van der Waals surface area contributed by atoms with Crippen LogP contribution in [0.25, 0.3) is 33.3 Å². The molecule has 2 aromatic carbocycles. The monoisotopic (exact) mass is 403 g/mol. The molecule has 5 heteroatoms. The lowest BCUT2D eigenvalue weighted by Crippen LogP contribution is -2.02. The van der Waals surface area contributed by atoms with Gasteiger partial charge in [-0.1, -0.05) is 35.9 Å². The van der Waals surface area contributed by atoms with Crippen molar-refractivity contribution in [2.24, 2.45) is 0 Å². The SMILES string of the molecule is Cc1cccc(-c2ccc(CNc3nccc4cc(-c5cnccn5)ccc34)cn2)c1. The van der Waals surface area contributed by atoms with Crippen molar-refractivity contribution in [3.8, 4) is 22.5 Å². The Balaban J connectivity index is 1.35. The van der Waals surface area contributed by atoms with E-state index < -0.39 is 0 Å². The lowest BCUT2D eigenvalue weighted by atomic mass is 10.1. The summed E-state index contributed by atoms with van der Waals surface area (Å²) >= 11 is 0. The van der Waals surface area contributed by atoms with Gasteiger partial charge in [0.2, 0.25) is 0 Å². The van der Waals surface area contributed by atoms with Gasteiger partial charge in [0.25, 0.3) is 0 Å². The number of pyridine rings is 2. The summed E-state index contributed by atoms with van der Waals surface area (Å²) in [6.07, 6.45) is 8.90. The zero-order valence-electron chi connectivity index (χ0n) is 17.2. The van der Waals surface area contributed by atoms with Crippen LogP contribution in [0.5, 0.6) is 0 Å². The molecule has 0 bridgehead atoms. The molecule has 0 aliphatic heterocycles. The van der Waals surface area contributed by atoms with Crippen LogP contribution in [0.4, 0.5) is 5.82 Å². The van der Waals surface area contributed by atoms with E-state index in [1.54, 1.807) is 18.6 Å². The lowest BCUT2D eigenvalue weighted by molar-refractivity contribution is 1.09. The molecule has 0 amide bonds. The molecule has 0 unspecified atom stereocenters. The Morgan fingerprint density at radius 3 is 2.48 bits per heavy atom. The van der Waals surface area contributed by atoms with Gasteiger partial charge in [0.15, 0.2) is 0 Å². The number of aryl methyl sites for hydroxylation is 1. The van der Waals surface area contributed by atoms with Gasteiger partial charge in [0.05, 0.1) is 17.6 Å². The molecule has 0 saturated heterocycles. The molecule has 0 aliphatic carbocycles. The van der Waals surface area contributed by atoms with Crippen LogP contribution in [0.1, 0.15) is 11.1 Å². The maximum absolute atomic E-state index is 4.64. The van der Waals surface area contributed by atoms with Gasteiger partial charge in [-0.15, -0.1) is 0 Å². The van der Waals surface area contributed by atoms with E-state index in [2.05, 4.69) is 86.8 Å². The third kappa shape index (κ3) is 4.12. The van der Waals surface area contributed by atoms with Crippen molar-refractivity contribution >= 4 is 16.6 Å². The number of nitrogens with one attached hydrogen (secondary N) is 1. The number of aromatic nitrogens is 4. The van der Waals surface area contributed by atoms with E-state index in [1.165, 1.54) is 5.56 Å². The molecule has 0 atom stereocenters. The zero-order valence-corrected chi connectivity index (χ0v) is 17.2. The van der Waals surface area contributed by atoms with Crippen LogP contribution in [-0.4, -0.2) is 19.9 Å². The Morgan fingerprint density at radius 2 is 1.68 bits per heavy atom. The molecule has 0 saturated carbocycles. The van der Waals surface area contributed by atoms with Gasteiger partial charge in [-0.3, -0.25) is 15.0 Å². The summed E-state index contributed by atoms with van der Waals surface area (Å²) in [5.74, 6) is 0.853. The standard InChI is InChI=1S/C26H21N5/c1-18-3-2-4-21(13-18)24-8-5-19(15-30-24)16-31-26-23-7-6-22(14-20(23)9-10-29-26)25-17-27-11-12-28-25/h2-15,17H,16H2,1H3,(H,29,31). The quantitative estimate of drug-likeness (QED) is 0.409. The highest BCUT2D eigenvalue weighted by Crippen LogP contribution is 2.27. The van der Waals surface area contributed by atoms with E-state index in [1.807, 2.05) is 18.5 Å². The van der Waals surface area contributed by atoms with Gasteiger partial charge in [0, 0.05) is 47.8 Å². The summed E-state index contributed by atoms with van der Waals surface area (Å²) < 4.78 is 0. The third-order valence-corrected chi connectivity index (χ3v) is 5.22. The van der Waals surface area contributed by atoms with Crippen LogP contribution in [0.3, 0.4) is 0 Å². The van der Waals surface area contributed by atoms with Crippen LogP contribution in [0.2, 0.25) is 0 Å². The van der Waals surface area contributed by atoms with Crippen LogP contribution < -0.4 is 5.32 Å². The van der Waals surface area contributed by atoms with Gasteiger partial charge in [-0.2, -0.15) is 0 Å². The van der Waals surface area contributed by atoms with Gasteiger partial charge in [-0.05, 0) is 48.2 Å².